The third kappa shape index (κ3) is 3.35. The van der Waals surface area contributed by atoms with Crippen LogP contribution in [0.15, 0.2) is 73.1 Å². The predicted octanol–water partition coefficient (Wildman–Crippen LogP) is 2.70. The number of benzene rings is 2. The van der Waals surface area contributed by atoms with E-state index in [9.17, 15) is 19.1 Å². The molecule has 7 heteroatoms. The van der Waals surface area contributed by atoms with E-state index in [1.54, 1.807) is 46.3 Å². The van der Waals surface area contributed by atoms with E-state index in [1.807, 2.05) is 24.3 Å². The van der Waals surface area contributed by atoms with Crippen molar-refractivity contribution in [2.24, 2.45) is 0 Å². The van der Waals surface area contributed by atoms with E-state index < -0.39 is 0 Å². The first-order chi connectivity index (χ1) is 15.6. The standard InChI is InChI=1S/C25H22FN3O3/c26-20-6-2-1-5-19(20)16-7-9-17(10-8-16)24-21-13-28(14-23(31)29(21)22(24)15-30)25(32)18-4-3-11-27-12-18/h1-12,21-22,24,30H,13-15H2/t21-,22+,24+/m0/s1. The Morgan fingerprint density at radius 3 is 2.56 bits per heavy atom. The zero-order chi connectivity index (χ0) is 22.2. The zero-order valence-corrected chi connectivity index (χ0v) is 17.3. The van der Waals surface area contributed by atoms with Crippen LogP contribution in [0.4, 0.5) is 4.39 Å². The summed E-state index contributed by atoms with van der Waals surface area (Å²) < 4.78 is 14.1. The second-order valence-electron chi connectivity index (χ2n) is 8.17. The van der Waals surface area contributed by atoms with Crippen LogP contribution in [0.2, 0.25) is 0 Å². The number of aliphatic hydroxyl groups excluding tert-OH is 1. The molecule has 32 heavy (non-hydrogen) atoms. The number of piperazine rings is 1. The number of carbonyl (C=O) groups is 2. The van der Waals surface area contributed by atoms with Crippen molar-refractivity contribution in [2.75, 3.05) is 19.7 Å². The lowest BCUT2D eigenvalue weighted by Crippen LogP contribution is -2.73. The smallest absolute Gasteiger partial charge is 0.255 e. The van der Waals surface area contributed by atoms with E-state index in [2.05, 4.69) is 4.98 Å². The van der Waals surface area contributed by atoms with Crippen molar-refractivity contribution in [3.8, 4) is 11.1 Å². The SMILES string of the molecule is O=C(c1cccnc1)N1CC(=O)N2[C@H](CO)[C@H](c3ccc(-c4ccccc4F)cc3)[C@@H]2C1. The maximum absolute atomic E-state index is 14.1. The molecule has 0 unspecified atom stereocenters. The highest BCUT2D eigenvalue weighted by Crippen LogP contribution is 2.43. The Morgan fingerprint density at radius 1 is 1.09 bits per heavy atom. The summed E-state index contributed by atoms with van der Waals surface area (Å²) in [7, 11) is 0. The molecule has 3 aromatic rings. The van der Waals surface area contributed by atoms with Gasteiger partial charge in [-0.2, -0.15) is 0 Å². The molecule has 0 saturated carbocycles. The van der Waals surface area contributed by atoms with Gasteiger partial charge in [-0.15, -0.1) is 0 Å². The summed E-state index contributed by atoms with van der Waals surface area (Å²) in [4.78, 5) is 32.9. The number of amides is 2. The van der Waals surface area contributed by atoms with Gasteiger partial charge in [0.1, 0.15) is 12.4 Å². The molecular formula is C25H22FN3O3. The molecule has 2 aromatic carbocycles. The van der Waals surface area contributed by atoms with Crippen molar-refractivity contribution in [3.63, 3.8) is 0 Å². The molecule has 1 aromatic heterocycles. The summed E-state index contributed by atoms with van der Waals surface area (Å²) in [5.74, 6) is -0.794. The fourth-order valence-corrected chi connectivity index (χ4v) is 4.91. The van der Waals surface area contributed by atoms with Crippen molar-refractivity contribution < 1.29 is 19.1 Å². The van der Waals surface area contributed by atoms with Gasteiger partial charge in [0.25, 0.3) is 5.91 Å². The molecule has 2 saturated heterocycles. The molecule has 6 nitrogen and oxygen atoms in total. The normalized spacial score (nSPS) is 22.3. The maximum atomic E-state index is 14.1. The third-order valence-corrected chi connectivity index (χ3v) is 6.43. The molecular weight excluding hydrogens is 409 g/mol. The molecule has 0 radical (unpaired) electrons. The number of hydrogen-bond donors (Lipinski definition) is 1. The molecule has 0 aliphatic carbocycles. The number of halogens is 1. The summed E-state index contributed by atoms with van der Waals surface area (Å²) in [6.45, 7) is 0.216. The van der Waals surface area contributed by atoms with Gasteiger partial charge in [-0.25, -0.2) is 4.39 Å². The third-order valence-electron chi connectivity index (χ3n) is 6.43. The first-order valence-electron chi connectivity index (χ1n) is 10.5. The molecule has 3 atom stereocenters. The van der Waals surface area contributed by atoms with Crippen molar-refractivity contribution in [1.82, 2.24) is 14.8 Å². The second-order valence-corrected chi connectivity index (χ2v) is 8.17. The van der Waals surface area contributed by atoms with Crippen LogP contribution < -0.4 is 0 Å². The lowest BCUT2D eigenvalue weighted by Gasteiger charge is -2.58. The number of hydrogen-bond acceptors (Lipinski definition) is 4. The van der Waals surface area contributed by atoms with Crippen molar-refractivity contribution >= 4 is 11.8 Å². The number of aromatic nitrogens is 1. The molecule has 162 valence electrons. The largest absolute Gasteiger partial charge is 0.394 e. The highest BCUT2D eigenvalue weighted by molar-refractivity contribution is 5.97. The zero-order valence-electron chi connectivity index (χ0n) is 17.3. The molecule has 2 amide bonds. The minimum Gasteiger partial charge on any atom is -0.394 e. The molecule has 2 aliphatic rings. The monoisotopic (exact) mass is 431 g/mol. The Bertz CT molecular complexity index is 1150. The molecule has 0 spiro atoms. The van der Waals surface area contributed by atoms with Crippen molar-refractivity contribution in [2.45, 2.75) is 18.0 Å². The Labute approximate surface area is 184 Å². The van der Waals surface area contributed by atoms with Gasteiger partial charge in [-0.05, 0) is 29.3 Å². The molecule has 2 aliphatic heterocycles. The average molecular weight is 431 g/mol. The molecule has 2 fully saturated rings. The number of aliphatic hydroxyl groups is 1. The number of pyridine rings is 1. The predicted molar refractivity (Wildman–Crippen MR) is 116 cm³/mol. The lowest BCUT2D eigenvalue weighted by molar-refractivity contribution is -0.159. The van der Waals surface area contributed by atoms with Crippen molar-refractivity contribution in [1.29, 1.82) is 0 Å². The van der Waals surface area contributed by atoms with Crippen LogP contribution in [0, 0.1) is 5.82 Å². The second kappa shape index (κ2) is 8.16. The molecule has 1 N–H and O–H groups in total. The van der Waals surface area contributed by atoms with Crippen LogP contribution in [0.5, 0.6) is 0 Å². The summed E-state index contributed by atoms with van der Waals surface area (Å²) in [5, 5.41) is 9.96. The lowest BCUT2D eigenvalue weighted by atomic mass is 9.73. The molecule has 3 heterocycles. The summed E-state index contributed by atoms with van der Waals surface area (Å²) in [5.41, 5.74) is 2.68. The van der Waals surface area contributed by atoms with Gasteiger partial charge in [0.2, 0.25) is 5.91 Å². The first-order valence-corrected chi connectivity index (χ1v) is 10.5. The van der Waals surface area contributed by atoms with Crippen LogP contribution in [0.1, 0.15) is 21.8 Å². The number of nitrogens with zero attached hydrogens (tertiary/aromatic N) is 3. The fourth-order valence-electron chi connectivity index (χ4n) is 4.91. The van der Waals surface area contributed by atoms with E-state index in [1.165, 1.54) is 12.3 Å². The number of rotatable bonds is 4. The first kappa shape index (κ1) is 20.3. The maximum Gasteiger partial charge on any atom is 0.255 e. The minimum atomic E-state index is -0.331. The van der Waals surface area contributed by atoms with Gasteiger partial charge in [0.05, 0.1) is 24.3 Å². The topological polar surface area (TPSA) is 73.7 Å². The van der Waals surface area contributed by atoms with Crippen molar-refractivity contribution in [3.05, 3.63) is 90.0 Å². The number of fused-ring (bicyclic) bond motifs is 1. The van der Waals surface area contributed by atoms with Gasteiger partial charge in [-0.3, -0.25) is 14.6 Å². The minimum absolute atomic E-state index is 0.0142. The van der Waals surface area contributed by atoms with Crippen LogP contribution in [-0.4, -0.2) is 63.5 Å². The van der Waals surface area contributed by atoms with Gasteiger partial charge in [0, 0.05) is 30.4 Å². The van der Waals surface area contributed by atoms with E-state index in [-0.39, 0.29) is 48.8 Å². The van der Waals surface area contributed by atoms with E-state index in [4.69, 9.17) is 0 Å². The van der Waals surface area contributed by atoms with E-state index in [0.717, 1.165) is 11.1 Å². The molecule has 0 bridgehead atoms. The Morgan fingerprint density at radius 2 is 1.88 bits per heavy atom. The summed E-state index contributed by atoms with van der Waals surface area (Å²) in [6, 6.07) is 17.0. The number of carbonyl (C=O) groups excluding carboxylic acids is 2. The summed E-state index contributed by atoms with van der Waals surface area (Å²) >= 11 is 0. The van der Waals surface area contributed by atoms with Gasteiger partial charge < -0.3 is 14.9 Å². The van der Waals surface area contributed by atoms with Crippen LogP contribution in [0.3, 0.4) is 0 Å². The quantitative estimate of drug-likeness (QED) is 0.690. The average Bonchev–Trinajstić information content (AvgIpc) is 2.81. The fraction of sp³-hybridized carbons (Fsp3) is 0.240. The van der Waals surface area contributed by atoms with Crippen LogP contribution in [-0.2, 0) is 4.79 Å². The van der Waals surface area contributed by atoms with E-state index >= 15 is 0 Å². The molecule has 5 rings (SSSR count). The highest BCUT2D eigenvalue weighted by atomic mass is 19.1. The summed E-state index contributed by atoms with van der Waals surface area (Å²) in [6.07, 6.45) is 3.09. The Balaban J connectivity index is 1.40. The van der Waals surface area contributed by atoms with Crippen LogP contribution in [0.25, 0.3) is 11.1 Å². The van der Waals surface area contributed by atoms with Gasteiger partial charge in [0.15, 0.2) is 0 Å². The Kier molecular flexibility index (Phi) is 5.19. The van der Waals surface area contributed by atoms with E-state index in [0.29, 0.717) is 17.7 Å². The van der Waals surface area contributed by atoms with Gasteiger partial charge in [-0.1, -0.05) is 42.5 Å². The Hall–Kier alpha value is -3.58. The van der Waals surface area contributed by atoms with Gasteiger partial charge >= 0.3 is 0 Å². The van der Waals surface area contributed by atoms with Crippen LogP contribution >= 0.6 is 0 Å². The highest BCUT2D eigenvalue weighted by Gasteiger charge is 2.54.